The van der Waals surface area contributed by atoms with Crippen LogP contribution in [0.5, 0.6) is 0 Å². The van der Waals surface area contributed by atoms with E-state index in [4.69, 9.17) is 11.6 Å². The zero-order chi connectivity index (χ0) is 13.4. The van der Waals surface area contributed by atoms with Gasteiger partial charge in [-0.15, -0.1) is 0 Å². The second-order valence-corrected chi connectivity index (χ2v) is 6.31. The first kappa shape index (κ1) is 13.2. The normalized spacial score (nSPS) is 24.1. The minimum absolute atomic E-state index is 0.107. The van der Waals surface area contributed by atoms with E-state index >= 15 is 0 Å². The van der Waals surface area contributed by atoms with E-state index < -0.39 is 0 Å². The van der Waals surface area contributed by atoms with Crippen molar-refractivity contribution in [3.05, 3.63) is 28.8 Å². The predicted molar refractivity (Wildman–Crippen MR) is 81.4 cm³/mol. The summed E-state index contributed by atoms with van der Waals surface area (Å²) in [6.07, 6.45) is 2.97. The summed E-state index contributed by atoms with van der Waals surface area (Å²) < 4.78 is 10.8. The van der Waals surface area contributed by atoms with Crippen LogP contribution in [0.15, 0.2) is 18.2 Å². The molecule has 3 aliphatic heterocycles. The molecule has 0 aromatic heterocycles. The van der Waals surface area contributed by atoms with Crippen LogP contribution in [0.2, 0.25) is 5.02 Å². The summed E-state index contributed by atoms with van der Waals surface area (Å²) in [5, 5.41) is 3.88. The summed E-state index contributed by atoms with van der Waals surface area (Å²) in [6, 6.07) is 6.70. The first-order valence-electron chi connectivity index (χ1n) is 6.66. The summed E-state index contributed by atoms with van der Waals surface area (Å²) in [5.41, 5.74) is 1.94. The first-order chi connectivity index (χ1) is 9.19. The number of anilines is 1. The molecule has 3 nitrogen and oxygen atoms in total. The number of nitrogens with one attached hydrogen (secondary N) is 1. The largest absolute Gasteiger partial charge is 0.377 e. The van der Waals surface area contributed by atoms with E-state index in [1.807, 2.05) is 25.1 Å². The highest BCUT2D eigenvalue weighted by atomic mass is 35.5. The molecule has 19 heavy (non-hydrogen) atoms. The Hall–Kier alpha value is -0.840. The fourth-order valence-corrected chi connectivity index (χ4v) is 3.37. The maximum Gasteiger partial charge on any atom is 0.0949 e. The van der Waals surface area contributed by atoms with Crippen molar-refractivity contribution in [1.82, 2.24) is 4.90 Å². The van der Waals surface area contributed by atoms with Crippen LogP contribution in [-0.2, 0) is 11.3 Å². The Bertz CT molecular complexity index is 538. The molecule has 1 unspecified atom stereocenters. The summed E-state index contributed by atoms with van der Waals surface area (Å²) in [7, 11) is 0. The average molecular weight is 297 g/mol. The quantitative estimate of drug-likeness (QED) is 0.746. The van der Waals surface area contributed by atoms with E-state index in [9.17, 15) is 4.21 Å². The number of hydrogen-bond acceptors (Lipinski definition) is 3. The molecule has 0 amide bonds. The molecule has 0 bridgehead atoms. The van der Waals surface area contributed by atoms with Crippen molar-refractivity contribution in [2.24, 2.45) is 0 Å². The molecule has 2 fully saturated rings. The van der Waals surface area contributed by atoms with E-state index in [0.717, 1.165) is 22.2 Å². The fraction of sp³-hybridized carbons (Fsp3) is 0.500. The lowest BCUT2D eigenvalue weighted by Crippen LogP contribution is -2.57. The Labute approximate surface area is 122 Å². The lowest BCUT2D eigenvalue weighted by Gasteiger charge is -2.50. The Morgan fingerprint density at radius 2 is 2.05 bits per heavy atom. The fourth-order valence-electron chi connectivity index (χ4n) is 2.74. The van der Waals surface area contributed by atoms with Gasteiger partial charge in [-0.1, -0.05) is 11.6 Å². The molecule has 1 N–H and O–H groups in total. The highest BCUT2D eigenvalue weighted by molar-refractivity contribution is 7.67. The lowest BCUT2D eigenvalue weighted by molar-refractivity contribution is -0.00222. The van der Waals surface area contributed by atoms with Crippen molar-refractivity contribution in [2.75, 3.05) is 18.4 Å². The highest BCUT2D eigenvalue weighted by Crippen LogP contribution is 2.29. The number of halogens is 1. The summed E-state index contributed by atoms with van der Waals surface area (Å²) in [6.45, 7) is 4.75. The van der Waals surface area contributed by atoms with Crippen LogP contribution < -0.4 is 5.32 Å². The predicted octanol–water partition coefficient (Wildman–Crippen LogP) is 2.35. The number of rotatable bonds is 0. The third-order valence-electron chi connectivity index (χ3n) is 4.12. The Balaban J connectivity index is 0.000000151. The lowest BCUT2D eigenvalue weighted by atomic mass is 9.91. The maximum atomic E-state index is 10.8. The third kappa shape index (κ3) is 2.45. The Morgan fingerprint density at radius 1 is 1.37 bits per heavy atom. The maximum absolute atomic E-state index is 10.8. The summed E-state index contributed by atoms with van der Waals surface area (Å²) >= 11 is 6.38. The van der Waals surface area contributed by atoms with E-state index in [1.54, 1.807) is 0 Å². The molecule has 1 aromatic carbocycles. The minimum Gasteiger partial charge on any atom is -0.377 e. The molecule has 0 spiro atoms. The number of nitrogens with zero attached hydrogens (tertiary/aromatic N) is 1. The Kier molecular flexibility index (Phi) is 3.65. The van der Waals surface area contributed by atoms with Gasteiger partial charge >= 0.3 is 0 Å². The van der Waals surface area contributed by atoms with Gasteiger partial charge in [0.15, 0.2) is 0 Å². The Morgan fingerprint density at radius 3 is 2.53 bits per heavy atom. The van der Waals surface area contributed by atoms with Gasteiger partial charge in [-0.3, -0.25) is 0 Å². The van der Waals surface area contributed by atoms with Crippen LogP contribution in [0.25, 0.3) is 0 Å². The van der Waals surface area contributed by atoms with Crippen LogP contribution >= 0.6 is 11.6 Å². The average Bonchev–Trinajstić information content (AvgIpc) is 2.69. The second kappa shape index (κ2) is 5.27. The highest BCUT2D eigenvalue weighted by Gasteiger charge is 2.34. The van der Waals surface area contributed by atoms with Gasteiger partial charge in [0.2, 0.25) is 0 Å². The molecule has 1 atom stereocenters. The van der Waals surface area contributed by atoms with Gasteiger partial charge in [0.1, 0.15) is 0 Å². The standard InChI is InChI=1S/C9H8ClNOS.C5H9N/c1-5-9(13-12)7-4-6(10)2-3-8(7)11-5;1-3-6-4-2-5(1)6/h2-5,11H,1H3;5H,1-4H2. The van der Waals surface area contributed by atoms with Gasteiger partial charge < -0.3 is 10.2 Å². The van der Waals surface area contributed by atoms with Crippen LogP contribution in [-0.4, -0.2) is 39.1 Å². The van der Waals surface area contributed by atoms with Crippen LogP contribution in [0, 0.1) is 0 Å². The monoisotopic (exact) mass is 296 g/mol. The van der Waals surface area contributed by atoms with Gasteiger partial charge in [-0.05, 0) is 51.1 Å². The van der Waals surface area contributed by atoms with Gasteiger partial charge in [-0.25, -0.2) is 4.21 Å². The van der Waals surface area contributed by atoms with Gasteiger partial charge in [0, 0.05) is 22.3 Å². The summed E-state index contributed by atoms with van der Waals surface area (Å²) in [4.78, 5) is 3.34. The van der Waals surface area contributed by atoms with E-state index in [-0.39, 0.29) is 6.04 Å². The molecule has 0 aliphatic carbocycles. The molecule has 102 valence electrons. The first-order valence-corrected chi connectivity index (χ1v) is 7.78. The molecule has 2 saturated heterocycles. The van der Waals surface area contributed by atoms with E-state index in [1.165, 1.54) is 25.9 Å². The van der Waals surface area contributed by atoms with Crippen molar-refractivity contribution in [3.8, 4) is 0 Å². The molecular weight excluding hydrogens is 280 g/mol. The SMILES string of the molecule is C1CN2CCC12.CC1Nc2ccc(Cl)cc2C1=S=O. The van der Waals surface area contributed by atoms with Crippen molar-refractivity contribution in [3.63, 3.8) is 0 Å². The second-order valence-electron chi connectivity index (χ2n) is 5.27. The number of benzene rings is 1. The van der Waals surface area contributed by atoms with Crippen LogP contribution in [0.1, 0.15) is 25.3 Å². The molecule has 5 heteroatoms. The molecule has 0 saturated carbocycles. The van der Waals surface area contributed by atoms with E-state index in [0.29, 0.717) is 16.3 Å². The number of piperidine rings is 1. The molecule has 4 rings (SSSR count). The minimum atomic E-state index is 0.107. The molecule has 0 radical (unpaired) electrons. The van der Waals surface area contributed by atoms with Gasteiger partial charge in [0.25, 0.3) is 0 Å². The van der Waals surface area contributed by atoms with Crippen molar-refractivity contribution < 1.29 is 4.21 Å². The van der Waals surface area contributed by atoms with Crippen molar-refractivity contribution >= 4 is 33.4 Å². The summed E-state index contributed by atoms with van der Waals surface area (Å²) in [5.74, 6) is 0. The zero-order valence-corrected chi connectivity index (χ0v) is 12.4. The number of hydrogen-bond donors (Lipinski definition) is 1. The van der Waals surface area contributed by atoms with Gasteiger partial charge in [0.05, 0.1) is 22.2 Å². The van der Waals surface area contributed by atoms with Crippen LogP contribution in [0.3, 0.4) is 0 Å². The van der Waals surface area contributed by atoms with Crippen molar-refractivity contribution in [1.29, 1.82) is 0 Å². The molecule has 3 heterocycles. The molecule has 3 aliphatic rings. The van der Waals surface area contributed by atoms with Gasteiger partial charge in [-0.2, -0.15) is 0 Å². The number of fused-ring (bicyclic) bond motifs is 2. The smallest absolute Gasteiger partial charge is 0.0949 e. The molecular formula is C14H17ClN2OS. The van der Waals surface area contributed by atoms with Crippen molar-refractivity contribution in [2.45, 2.75) is 31.8 Å². The topological polar surface area (TPSA) is 32.3 Å². The zero-order valence-electron chi connectivity index (χ0n) is 10.9. The molecule has 1 aromatic rings. The van der Waals surface area contributed by atoms with Crippen LogP contribution in [0.4, 0.5) is 5.69 Å². The third-order valence-corrected chi connectivity index (χ3v) is 5.11. The van der Waals surface area contributed by atoms with E-state index in [2.05, 4.69) is 10.2 Å².